The van der Waals surface area contributed by atoms with Crippen LogP contribution in [0.5, 0.6) is 0 Å². The summed E-state index contributed by atoms with van der Waals surface area (Å²) in [6.07, 6.45) is 1.89. The Kier molecular flexibility index (Phi) is 7.77. The molecule has 1 aliphatic heterocycles. The number of nitrogens with one attached hydrogen (secondary N) is 1. The van der Waals surface area contributed by atoms with E-state index in [4.69, 9.17) is 0 Å². The third kappa shape index (κ3) is 5.17. The zero-order valence-corrected chi connectivity index (χ0v) is 11.5. The van der Waals surface area contributed by atoms with Crippen molar-refractivity contribution in [2.45, 2.75) is 33.6 Å². The van der Waals surface area contributed by atoms with Crippen LogP contribution in [0, 0.1) is 11.8 Å². The van der Waals surface area contributed by atoms with Crippen molar-refractivity contribution in [3.05, 3.63) is 0 Å². The van der Waals surface area contributed by atoms with Crippen molar-refractivity contribution >= 4 is 18.3 Å². The Labute approximate surface area is 105 Å². The normalized spacial score (nSPS) is 19.6. The molecule has 0 aromatic carbocycles. The van der Waals surface area contributed by atoms with Crippen molar-refractivity contribution in [1.82, 2.24) is 10.2 Å². The highest BCUT2D eigenvalue weighted by Crippen LogP contribution is 2.14. The average Bonchev–Trinajstić information content (AvgIpc) is 2.66. The summed E-state index contributed by atoms with van der Waals surface area (Å²) in [5.74, 6) is 1.47. The van der Waals surface area contributed by atoms with Gasteiger partial charge < -0.3 is 10.2 Å². The summed E-state index contributed by atoms with van der Waals surface area (Å²) in [5, 5.41) is 3.30. The molecular weight excluding hydrogens is 224 g/mol. The van der Waals surface area contributed by atoms with E-state index in [2.05, 4.69) is 26.1 Å². The smallest absolute Gasteiger partial charge is 0.222 e. The number of carbonyl (C=O) groups excluding carboxylic acids is 1. The number of hydrogen-bond donors (Lipinski definition) is 1. The van der Waals surface area contributed by atoms with Gasteiger partial charge in [0.15, 0.2) is 0 Å². The molecule has 0 aromatic heterocycles. The number of hydrogen-bond acceptors (Lipinski definition) is 2. The molecule has 1 rings (SSSR count). The summed E-state index contributed by atoms with van der Waals surface area (Å²) in [4.78, 5) is 14.0. The van der Waals surface area contributed by atoms with Crippen LogP contribution >= 0.6 is 12.4 Å². The summed E-state index contributed by atoms with van der Waals surface area (Å²) in [6.45, 7) is 10.2. The van der Waals surface area contributed by atoms with Gasteiger partial charge in [0, 0.05) is 19.5 Å². The predicted molar refractivity (Wildman–Crippen MR) is 69.9 cm³/mol. The van der Waals surface area contributed by atoms with Crippen LogP contribution in [0.3, 0.4) is 0 Å². The highest BCUT2D eigenvalue weighted by Gasteiger charge is 2.21. The maximum Gasteiger partial charge on any atom is 0.222 e. The van der Waals surface area contributed by atoms with E-state index in [-0.39, 0.29) is 12.4 Å². The van der Waals surface area contributed by atoms with Crippen molar-refractivity contribution < 1.29 is 4.79 Å². The maximum absolute atomic E-state index is 12.0. The summed E-state index contributed by atoms with van der Waals surface area (Å²) < 4.78 is 0. The SMILES string of the molecule is CCN(CC(C)C)C(=O)CC1CCNC1.Cl. The first-order chi connectivity index (χ1) is 7.13. The molecule has 1 unspecified atom stereocenters. The number of carbonyl (C=O) groups is 1. The second kappa shape index (κ2) is 7.91. The zero-order valence-electron chi connectivity index (χ0n) is 10.7. The van der Waals surface area contributed by atoms with Gasteiger partial charge in [-0.25, -0.2) is 0 Å². The molecule has 1 aliphatic rings. The number of halogens is 1. The van der Waals surface area contributed by atoms with Crippen LogP contribution in [0.15, 0.2) is 0 Å². The topological polar surface area (TPSA) is 32.3 Å². The molecule has 4 heteroatoms. The van der Waals surface area contributed by atoms with Crippen LogP contribution in [-0.4, -0.2) is 37.0 Å². The fourth-order valence-corrected chi connectivity index (χ4v) is 2.11. The summed E-state index contributed by atoms with van der Waals surface area (Å²) in [6, 6.07) is 0. The van der Waals surface area contributed by atoms with E-state index in [9.17, 15) is 4.79 Å². The molecular formula is C12H25ClN2O. The molecule has 0 spiro atoms. The van der Waals surface area contributed by atoms with Crippen LogP contribution in [-0.2, 0) is 4.79 Å². The fraction of sp³-hybridized carbons (Fsp3) is 0.917. The van der Waals surface area contributed by atoms with E-state index in [1.807, 2.05) is 4.90 Å². The average molecular weight is 249 g/mol. The Hall–Kier alpha value is -0.280. The molecule has 1 heterocycles. The lowest BCUT2D eigenvalue weighted by molar-refractivity contribution is -0.132. The lowest BCUT2D eigenvalue weighted by Gasteiger charge is -2.24. The largest absolute Gasteiger partial charge is 0.343 e. The standard InChI is InChI=1S/C12H24N2O.ClH/c1-4-14(9-10(2)3)12(15)7-11-5-6-13-8-11;/h10-11,13H,4-9H2,1-3H3;1H. The Morgan fingerprint density at radius 3 is 2.62 bits per heavy atom. The van der Waals surface area contributed by atoms with Crippen LogP contribution < -0.4 is 5.32 Å². The van der Waals surface area contributed by atoms with E-state index >= 15 is 0 Å². The van der Waals surface area contributed by atoms with Crippen molar-refractivity contribution in [3.8, 4) is 0 Å². The van der Waals surface area contributed by atoms with Gasteiger partial charge in [-0.15, -0.1) is 12.4 Å². The molecule has 0 aliphatic carbocycles. The number of nitrogens with zero attached hydrogens (tertiary/aromatic N) is 1. The van der Waals surface area contributed by atoms with Gasteiger partial charge in [0.1, 0.15) is 0 Å². The van der Waals surface area contributed by atoms with Gasteiger partial charge in [-0.3, -0.25) is 4.79 Å². The van der Waals surface area contributed by atoms with Crippen LogP contribution in [0.1, 0.15) is 33.6 Å². The van der Waals surface area contributed by atoms with Crippen LogP contribution in [0.25, 0.3) is 0 Å². The first-order valence-electron chi connectivity index (χ1n) is 6.12. The molecule has 1 amide bonds. The minimum atomic E-state index is 0. The molecule has 3 nitrogen and oxygen atoms in total. The van der Waals surface area contributed by atoms with Crippen molar-refractivity contribution in [1.29, 1.82) is 0 Å². The van der Waals surface area contributed by atoms with Gasteiger partial charge in [0.05, 0.1) is 0 Å². The van der Waals surface area contributed by atoms with Gasteiger partial charge in [-0.2, -0.15) is 0 Å². The zero-order chi connectivity index (χ0) is 11.3. The van der Waals surface area contributed by atoms with E-state index in [0.717, 1.165) is 39.0 Å². The summed E-state index contributed by atoms with van der Waals surface area (Å²) in [7, 11) is 0. The van der Waals surface area contributed by atoms with E-state index in [1.165, 1.54) is 0 Å². The molecule has 1 fully saturated rings. The molecule has 96 valence electrons. The second-order valence-corrected chi connectivity index (χ2v) is 4.89. The van der Waals surface area contributed by atoms with Crippen LogP contribution in [0.4, 0.5) is 0 Å². The summed E-state index contributed by atoms with van der Waals surface area (Å²) >= 11 is 0. The van der Waals surface area contributed by atoms with Gasteiger partial charge in [0.2, 0.25) is 5.91 Å². The van der Waals surface area contributed by atoms with Gasteiger partial charge in [0.25, 0.3) is 0 Å². The lowest BCUT2D eigenvalue weighted by atomic mass is 10.0. The van der Waals surface area contributed by atoms with Crippen LogP contribution in [0.2, 0.25) is 0 Å². The quantitative estimate of drug-likeness (QED) is 0.806. The molecule has 0 radical (unpaired) electrons. The van der Waals surface area contributed by atoms with E-state index in [1.54, 1.807) is 0 Å². The monoisotopic (exact) mass is 248 g/mol. The Balaban J connectivity index is 0.00000225. The number of amides is 1. The molecule has 1 N–H and O–H groups in total. The Morgan fingerprint density at radius 2 is 2.19 bits per heavy atom. The first kappa shape index (κ1) is 15.7. The maximum atomic E-state index is 12.0. The Bertz CT molecular complexity index is 203. The third-order valence-electron chi connectivity index (χ3n) is 2.95. The highest BCUT2D eigenvalue weighted by molar-refractivity contribution is 5.85. The minimum absolute atomic E-state index is 0. The van der Waals surface area contributed by atoms with Gasteiger partial charge in [-0.05, 0) is 38.3 Å². The van der Waals surface area contributed by atoms with E-state index in [0.29, 0.717) is 17.7 Å². The van der Waals surface area contributed by atoms with Gasteiger partial charge in [-0.1, -0.05) is 13.8 Å². The lowest BCUT2D eigenvalue weighted by Crippen LogP contribution is -2.35. The fourth-order valence-electron chi connectivity index (χ4n) is 2.11. The highest BCUT2D eigenvalue weighted by atomic mass is 35.5. The summed E-state index contributed by atoms with van der Waals surface area (Å²) in [5.41, 5.74) is 0. The molecule has 1 saturated heterocycles. The van der Waals surface area contributed by atoms with Crippen molar-refractivity contribution in [3.63, 3.8) is 0 Å². The Morgan fingerprint density at radius 1 is 1.50 bits per heavy atom. The molecule has 16 heavy (non-hydrogen) atoms. The third-order valence-corrected chi connectivity index (χ3v) is 2.95. The van der Waals surface area contributed by atoms with Crippen molar-refractivity contribution in [2.75, 3.05) is 26.2 Å². The minimum Gasteiger partial charge on any atom is -0.343 e. The number of rotatable bonds is 5. The predicted octanol–water partition coefficient (Wildman–Crippen LogP) is 1.91. The van der Waals surface area contributed by atoms with E-state index < -0.39 is 0 Å². The molecule has 0 saturated carbocycles. The van der Waals surface area contributed by atoms with Crippen molar-refractivity contribution in [2.24, 2.45) is 11.8 Å². The molecule has 1 atom stereocenters. The molecule has 0 aromatic rings. The molecule has 0 bridgehead atoms. The first-order valence-corrected chi connectivity index (χ1v) is 6.12. The van der Waals surface area contributed by atoms with Gasteiger partial charge >= 0.3 is 0 Å². The second-order valence-electron chi connectivity index (χ2n) is 4.89.